The number of hydrogen-bond acceptors (Lipinski definition) is 2. The predicted molar refractivity (Wildman–Crippen MR) is 71.3 cm³/mol. The molecule has 2 nitrogen and oxygen atoms in total. The summed E-state index contributed by atoms with van der Waals surface area (Å²) in [7, 11) is 0. The third-order valence-electron chi connectivity index (χ3n) is 3.67. The summed E-state index contributed by atoms with van der Waals surface area (Å²) >= 11 is 0. The molecular weight excluding hydrogens is 265 g/mol. The Bertz CT molecular complexity index is 495. The Morgan fingerprint density at radius 2 is 1.75 bits per heavy atom. The quantitative estimate of drug-likeness (QED) is 0.797. The van der Waals surface area contributed by atoms with Crippen molar-refractivity contribution in [2.75, 3.05) is 5.32 Å². The van der Waals surface area contributed by atoms with Gasteiger partial charge in [0.05, 0.1) is 17.2 Å². The molecule has 1 fully saturated rings. The van der Waals surface area contributed by atoms with Crippen LogP contribution in [0.3, 0.4) is 0 Å². The van der Waals surface area contributed by atoms with Gasteiger partial charge in [-0.05, 0) is 31.0 Å². The van der Waals surface area contributed by atoms with Crippen LogP contribution in [-0.4, -0.2) is 6.04 Å². The van der Waals surface area contributed by atoms with Crippen LogP contribution < -0.4 is 5.32 Å². The van der Waals surface area contributed by atoms with E-state index in [1.54, 1.807) is 6.07 Å². The fourth-order valence-electron chi connectivity index (χ4n) is 2.63. The van der Waals surface area contributed by atoms with Crippen LogP contribution >= 0.6 is 0 Å². The minimum absolute atomic E-state index is 0.292. The first-order valence-corrected chi connectivity index (χ1v) is 6.88. The molecule has 1 saturated carbocycles. The van der Waals surface area contributed by atoms with E-state index >= 15 is 0 Å². The van der Waals surface area contributed by atoms with Gasteiger partial charge in [0.1, 0.15) is 0 Å². The highest BCUT2D eigenvalue weighted by Crippen LogP contribution is 2.33. The fourth-order valence-corrected chi connectivity index (χ4v) is 2.63. The van der Waals surface area contributed by atoms with Crippen LogP contribution in [0.5, 0.6) is 0 Å². The highest BCUT2D eigenvalue weighted by molar-refractivity contribution is 5.54. The zero-order valence-electron chi connectivity index (χ0n) is 11.1. The normalized spacial score (nSPS) is 17.3. The molecule has 0 aliphatic heterocycles. The second-order valence-corrected chi connectivity index (χ2v) is 5.20. The first-order chi connectivity index (χ1) is 9.50. The lowest BCUT2D eigenvalue weighted by Gasteiger charge is -2.18. The highest BCUT2D eigenvalue weighted by atomic mass is 19.4. The van der Waals surface area contributed by atoms with E-state index in [2.05, 4.69) is 5.32 Å². The van der Waals surface area contributed by atoms with Gasteiger partial charge >= 0.3 is 6.18 Å². The van der Waals surface area contributed by atoms with Crippen LogP contribution in [-0.2, 0) is 6.18 Å². The van der Waals surface area contributed by atoms with Gasteiger partial charge in [-0.3, -0.25) is 0 Å². The summed E-state index contributed by atoms with van der Waals surface area (Å²) in [5.74, 6) is 0. The van der Waals surface area contributed by atoms with Gasteiger partial charge in [-0.15, -0.1) is 0 Å². The molecule has 108 valence electrons. The number of nitrogens with zero attached hydrogens (tertiary/aromatic N) is 1. The molecule has 20 heavy (non-hydrogen) atoms. The molecule has 0 radical (unpaired) electrons. The Balaban J connectivity index is 2.15. The first-order valence-electron chi connectivity index (χ1n) is 6.88. The van der Waals surface area contributed by atoms with Crippen LogP contribution in [0.1, 0.15) is 49.7 Å². The van der Waals surface area contributed by atoms with E-state index in [9.17, 15) is 13.2 Å². The summed E-state index contributed by atoms with van der Waals surface area (Å²) in [4.78, 5) is 0. The van der Waals surface area contributed by atoms with Gasteiger partial charge in [0.15, 0.2) is 0 Å². The van der Waals surface area contributed by atoms with E-state index in [-0.39, 0.29) is 5.56 Å². The largest absolute Gasteiger partial charge is 0.417 e. The summed E-state index contributed by atoms with van der Waals surface area (Å²) in [6, 6.07) is 5.62. The molecule has 1 aliphatic rings. The van der Waals surface area contributed by atoms with E-state index in [1.165, 1.54) is 25.0 Å². The van der Waals surface area contributed by atoms with Crippen molar-refractivity contribution in [3.8, 4) is 6.07 Å². The fraction of sp³-hybridized carbons (Fsp3) is 0.533. The van der Waals surface area contributed by atoms with Gasteiger partial charge in [0, 0.05) is 11.7 Å². The average Bonchev–Trinajstić information content (AvgIpc) is 2.66. The second-order valence-electron chi connectivity index (χ2n) is 5.20. The summed E-state index contributed by atoms with van der Waals surface area (Å²) in [5.41, 5.74) is -0.594. The van der Waals surface area contributed by atoms with Crippen LogP contribution in [0.25, 0.3) is 0 Å². The Morgan fingerprint density at radius 1 is 1.10 bits per heavy atom. The summed E-state index contributed by atoms with van der Waals surface area (Å²) in [6.45, 7) is 0. The van der Waals surface area contributed by atoms with Crippen LogP contribution in [0, 0.1) is 11.3 Å². The van der Waals surface area contributed by atoms with Gasteiger partial charge in [0.2, 0.25) is 0 Å². The van der Waals surface area contributed by atoms with Gasteiger partial charge in [-0.25, -0.2) is 0 Å². The van der Waals surface area contributed by atoms with E-state index < -0.39 is 11.7 Å². The smallest absolute Gasteiger partial charge is 0.382 e. The number of benzene rings is 1. The van der Waals surface area contributed by atoms with Crippen molar-refractivity contribution < 1.29 is 13.2 Å². The molecule has 0 heterocycles. The van der Waals surface area contributed by atoms with E-state index in [0.29, 0.717) is 11.7 Å². The lowest BCUT2D eigenvalue weighted by atomic mass is 10.1. The van der Waals surface area contributed by atoms with Crippen molar-refractivity contribution in [2.24, 2.45) is 0 Å². The van der Waals surface area contributed by atoms with Crippen molar-refractivity contribution in [2.45, 2.75) is 50.7 Å². The zero-order valence-corrected chi connectivity index (χ0v) is 11.1. The van der Waals surface area contributed by atoms with Crippen LogP contribution in [0.15, 0.2) is 18.2 Å². The zero-order chi connectivity index (χ0) is 14.6. The van der Waals surface area contributed by atoms with Gasteiger partial charge < -0.3 is 5.32 Å². The first kappa shape index (κ1) is 14.7. The maximum atomic E-state index is 12.7. The predicted octanol–water partition coefficient (Wildman–Crippen LogP) is 4.71. The summed E-state index contributed by atoms with van der Waals surface area (Å²) < 4.78 is 38.1. The minimum atomic E-state index is -4.48. The monoisotopic (exact) mass is 282 g/mol. The number of halogens is 3. The molecule has 0 amide bonds. The second kappa shape index (κ2) is 6.17. The van der Waals surface area contributed by atoms with Gasteiger partial charge in [0.25, 0.3) is 0 Å². The van der Waals surface area contributed by atoms with Crippen molar-refractivity contribution in [1.29, 1.82) is 5.26 Å². The molecule has 5 heteroatoms. The topological polar surface area (TPSA) is 35.8 Å². The Hall–Kier alpha value is -1.70. The molecule has 0 spiro atoms. The maximum absolute atomic E-state index is 12.7. The van der Waals surface area contributed by atoms with E-state index in [4.69, 9.17) is 5.26 Å². The average molecular weight is 282 g/mol. The highest BCUT2D eigenvalue weighted by Gasteiger charge is 2.33. The number of nitriles is 1. The van der Waals surface area contributed by atoms with Crippen LogP contribution in [0.4, 0.5) is 18.9 Å². The van der Waals surface area contributed by atoms with Crippen molar-refractivity contribution >= 4 is 5.69 Å². The van der Waals surface area contributed by atoms with Gasteiger partial charge in [-0.2, -0.15) is 18.4 Å². The lowest BCUT2D eigenvalue weighted by molar-refractivity contribution is -0.137. The molecule has 0 atom stereocenters. The Labute approximate surface area is 116 Å². The molecule has 0 unspecified atom stereocenters. The molecule has 0 bridgehead atoms. The lowest BCUT2D eigenvalue weighted by Crippen LogP contribution is -2.18. The molecule has 2 rings (SSSR count). The molecular formula is C15H17F3N2. The number of anilines is 1. The third-order valence-corrected chi connectivity index (χ3v) is 3.67. The number of rotatable bonds is 2. The summed E-state index contributed by atoms with van der Waals surface area (Å²) in [5, 5.41) is 12.1. The molecule has 1 aromatic rings. The molecule has 1 aromatic carbocycles. The van der Waals surface area contributed by atoms with Gasteiger partial charge in [-0.1, -0.05) is 25.7 Å². The van der Waals surface area contributed by atoms with E-state index in [1.807, 2.05) is 0 Å². The third kappa shape index (κ3) is 3.66. The molecule has 0 saturated heterocycles. The number of hydrogen-bond donors (Lipinski definition) is 1. The van der Waals surface area contributed by atoms with Crippen molar-refractivity contribution in [3.63, 3.8) is 0 Å². The van der Waals surface area contributed by atoms with Crippen LogP contribution in [0.2, 0.25) is 0 Å². The SMILES string of the molecule is N#Cc1cc(NC2CCCCCC2)ccc1C(F)(F)F. The minimum Gasteiger partial charge on any atom is -0.382 e. The number of nitrogens with one attached hydrogen (secondary N) is 1. The summed E-state index contributed by atoms with van der Waals surface area (Å²) in [6.07, 6.45) is 2.30. The maximum Gasteiger partial charge on any atom is 0.417 e. The van der Waals surface area contributed by atoms with E-state index in [0.717, 1.165) is 31.7 Å². The standard InChI is InChI=1S/C15H17F3N2/c16-15(17,18)14-8-7-13(9-11(14)10-19)20-12-5-3-1-2-4-6-12/h7-9,12,20H,1-6H2. The Morgan fingerprint density at radius 3 is 2.30 bits per heavy atom. The van der Waals surface area contributed by atoms with Crippen molar-refractivity contribution in [3.05, 3.63) is 29.3 Å². The van der Waals surface area contributed by atoms with Crippen molar-refractivity contribution in [1.82, 2.24) is 0 Å². The molecule has 1 aliphatic carbocycles. The Kier molecular flexibility index (Phi) is 4.53. The molecule has 1 N–H and O–H groups in total. The number of alkyl halides is 3. The molecule has 0 aromatic heterocycles.